The molecule has 0 saturated heterocycles. The summed E-state index contributed by atoms with van der Waals surface area (Å²) in [6.45, 7) is 2.04. The van der Waals surface area contributed by atoms with Gasteiger partial charge >= 0.3 is 11.7 Å². The molecule has 1 fully saturated rings. The molecular weight excluding hydrogens is 274 g/mol. The maximum Gasteiger partial charge on any atom is 0.342 e. The second-order valence-electron chi connectivity index (χ2n) is 5.48. The van der Waals surface area contributed by atoms with E-state index in [0.29, 0.717) is 11.7 Å². The summed E-state index contributed by atoms with van der Waals surface area (Å²) in [6.07, 6.45) is 6.98. The van der Waals surface area contributed by atoms with Crippen LogP contribution in [0.5, 0.6) is 0 Å². The summed E-state index contributed by atoms with van der Waals surface area (Å²) in [6, 6.07) is 1.40. The summed E-state index contributed by atoms with van der Waals surface area (Å²) in [5.74, 6) is -0.419. The van der Waals surface area contributed by atoms with Crippen molar-refractivity contribution in [3.05, 3.63) is 27.9 Å². The summed E-state index contributed by atoms with van der Waals surface area (Å²) >= 11 is 0. The first-order valence-electron chi connectivity index (χ1n) is 7.13. The largest absolute Gasteiger partial charge is 0.477 e. The molecule has 1 unspecified atom stereocenters. The zero-order valence-electron chi connectivity index (χ0n) is 11.9. The Morgan fingerprint density at radius 2 is 2.14 bits per heavy atom. The minimum Gasteiger partial charge on any atom is -0.477 e. The third-order valence-corrected chi connectivity index (χ3v) is 4.04. The minimum absolute atomic E-state index is 0.168. The average molecular weight is 293 g/mol. The van der Waals surface area contributed by atoms with Crippen molar-refractivity contribution in [1.29, 1.82) is 0 Å². The van der Waals surface area contributed by atoms with Crippen LogP contribution >= 0.6 is 0 Å². The van der Waals surface area contributed by atoms with Gasteiger partial charge < -0.3 is 10.4 Å². The van der Waals surface area contributed by atoms with E-state index in [4.69, 9.17) is 5.11 Å². The van der Waals surface area contributed by atoms with Gasteiger partial charge in [-0.3, -0.25) is 10.1 Å². The number of carbonyl (C=O) groups is 1. The minimum atomic E-state index is -1.32. The molecule has 2 rings (SSSR count). The Labute approximate surface area is 122 Å². The van der Waals surface area contributed by atoms with Crippen LogP contribution in [-0.4, -0.2) is 27.0 Å². The molecule has 0 aromatic carbocycles. The van der Waals surface area contributed by atoms with Gasteiger partial charge in [-0.15, -0.1) is 0 Å². The summed E-state index contributed by atoms with van der Waals surface area (Å²) in [5, 5.41) is 23.0. The van der Waals surface area contributed by atoms with Crippen molar-refractivity contribution in [2.75, 3.05) is 5.32 Å². The van der Waals surface area contributed by atoms with Gasteiger partial charge in [0.15, 0.2) is 0 Å². The van der Waals surface area contributed by atoms with E-state index in [0.717, 1.165) is 19.0 Å². The second kappa shape index (κ2) is 6.51. The summed E-state index contributed by atoms with van der Waals surface area (Å²) in [7, 11) is 0. The molecule has 0 aliphatic heterocycles. The van der Waals surface area contributed by atoms with Crippen LogP contribution < -0.4 is 5.32 Å². The highest BCUT2D eigenvalue weighted by Crippen LogP contribution is 2.28. The van der Waals surface area contributed by atoms with Crippen molar-refractivity contribution in [3.8, 4) is 0 Å². The summed E-state index contributed by atoms with van der Waals surface area (Å²) < 4.78 is 0. The topological polar surface area (TPSA) is 105 Å². The van der Waals surface area contributed by atoms with Crippen LogP contribution in [0.3, 0.4) is 0 Å². The van der Waals surface area contributed by atoms with E-state index in [1.54, 1.807) is 0 Å². The molecule has 2 N–H and O–H groups in total. The molecule has 114 valence electrons. The molecule has 1 atom stereocenters. The average Bonchev–Trinajstić information content (AvgIpc) is 2.47. The van der Waals surface area contributed by atoms with E-state index in [1.807, 2.05) is 6.92 Å². The molecule has 7 heteroatoms. The lowest BCUT2D eigenvalue weighted by atomic mass is 9.84. The number of nitro groups is 1. The van der Waals surface area contributed by atoms with Gasteiger partial charge in [-0.1, -0.05) is 19.3 Å². The second-order valence-corrected chi connectivity index (χ2v) is 5.48. The fourth-order valence-corrected chi connectivity index (χ4v) is 2.83. The molecule has 7 nitrogen and oxygen atoms in total. The van der Waals surface area contributed by atoms with Crippen LogP contribution in [-0.2, 0) is 0 Å². The third kappa shape index (κ3) is 3.68. The molecule has 1 saturated carbocycles. The quantitative estimate of drug-likeness (QED) is 0.638. The summed E-state index contributed by atoms with van der Waals surface area (Å²) in [5.41, 5.74) is -0.827. The van der Waals surface area contributed by atoms with E-state index < -0.39 is 16.6 Å². The van der Waals surface area contributed by atoms with Gasteiger partial charge in [0.2, 0.25) is 0 Å². The lowest BCUT2D eigenvalue weighted by Gasteiger charge is -2.28. The van der Waals surface area contributed by atoms with Gasteiger partial charge in [0.05, 0.1) is 4.92 Å². The van der Waals surface area contributed by atoms with Gasteiger partial charge in [-0.2, -0.15) is 0 Å². The van der Waals surface area contributed by atoms with Crippen molar-refractivity contribution < 1.29 is 14.8 Å². The normalized spacial score (nSPS) is 17.2. The van der Waals surface area contributed by atoms with Crippen molar-refractivity contribution in [2.45, 2.75) is 45.1 Å². The lowest BCUT2D eigenvalue weighted by molar-refractivity contribution is -0.385. The Morgan fingerprint density at radius 1 is 1.48 bits per heavy atom. The smallest absolute Gasteiger partial charge is 0.342 e. The number of nitrogens with zero attached hydrogens (tertiary/aromatic N) is 2. The Hall–Kier alpha value is -2.18. The maximum atomic E-state index is 11.1. The van der Waals surface area contributed by atoms with Crippen LogP contribution in [0.2, 0.25) is 0 Å². The molecule has 1 aromatic heterocycles. The number of aromatic nitrogens is 1. The Morgan fingerprint density at radius 3 is 2.71 bits per heavy atom. The first-order chi connectivity index (χ1) is 9.99. The number of hydrogen-bond donors (Lipinski definition) is 2. The van der Waals surface area contributed by atoms with Crippen molar-refractivity contribution in [2.24, 2.45) is 5.92 Å². The highest BCUT2D eigenvalue weighted by atomic mass is 16.6. The highest BCUT2D eigenvalue weighted by Gasteiger charge is 2.23. The molecule has 1 heterocycles. The maximum absolute atomic E-state index is 11.1. The molecule has 1 aliphatic carbocycles. The number of anilines is 1. The number of carboxylic acid groups (broad SMARTS) is 1. The molecule has 0 radical (unpaired) electrons. The predicted molar refractivity (Wildman–Crippen MR) is 77.5 cm³/mol. The number of rotatable bonds is 5. The van der Waals surface area contributed by atoms with Crippen LogP contribution in [0.4, 0.5) is 11.5 Å². The fraction of sp³-hybridized carbons (Fsp3) is 0.571. The van der Waals surface area contributed by atoms with Crippen LogP contribution in [0.25, 0.3) is 0 Å². The Balaban J connectivity index is 2.14. The molecule has 1 aromatic rings. The van der Waals surface area contributed by atoms with Gasteiger partial charge in [0, 0.05) is 12.1 Å². The zero-order chi connectivity index (χ0) is 15.4. The number of nitrogens with one attached hydrogen (secondary N) is 1. The first kappa shape index (κ1) is 15.2. The number of pyridine rings is 1. The zero-order valence-corrected chi connectivity index (χ0v) is 11.9. The SMILES string of the molecule is CC(Nc1cc(C(=O)O)c([N+](=O)[O-])cn1)C1CCCCC1. The van der Waals surface area contributed by atoms with Gasteiger partial charge in [-0.05, 0) is 25.7 Å². The van der Waals surface area contributed by atoms with E-state index in [9.17, 15) is 14.9 Å². The fourth-order valence-electron chi connectivity index (χ4n) is 2.83. The highest BCUT2D eigenvalue weighted by molar-refractivity contribution is 5.93. The third-order valence-electron chi connectivity index (χ3n) is 4.04. The van der Waals surface area contributed by atoms with E-state index in [2.05, 4.69) is 10.3 Å². The molecule has 1 aliphatic rings. The van der Waals surface area contributed by atoms with E-state index in [-0.39, 0.29) is 11.6 Å². The first-order valence-corrected chi connectivity index (χ1v) is 7.13. The summed E-state index contributed by atoms with van der Waals surface area (Å²) in [4.78, 5) is 25.1. The van der Waals surface area contributed by atoms with Crippen LogP contribution in [0.1, 0.15) is 49.4 Å². The number of hydrogen-bond acceptors (Lipinski definition) is 5. The van der Waals surface area contributed by atoms with Crippen LogP contribution in [0, 0.1) is 16.0 Å². The predicted octanol–water partition coefficient (Wildman–Crippen LogP) is 3.07. The van der Waals surface area contributed by atoms with Gasteiger partial charge in [0.25, 0.3) is 0 Å². The Kier molecular flexibility index (Phi) is 4.72. The Bertz CT molecular complexity index is 541. The van der Waals surface area contributed by atoms with Crippen LogP contribution in [0.15, 0.2) is 12.3 Å². The van der Waals surface area contributed by atoms with E-state index >= 15 is 0 Å². The van der Waals surface area contributed by atoms with Crippen molar-refractivity contribution in [3.63, 3.8) is 0 Å². The molecule has 0 spiro atoms. The standard InChI is InChI=1S/C14H19N3O4/c1-9(10-5-3-2-4-6-10)16-13-7-11(14(18)19)12(8-15-13)17(20)21/h7-10H,2-6H2,1H3,(H,15,16)(H,18,19). The molecule has 0 bridgehead atoms. The van der Waals surface area contributed by atoms with Gasteiger partial charge in [-0.25, -0.2) is 9.78 Å². The van der Waals surface area contributed by atoms with E-state index in [1.165, 1.54) is 25.3 Å². The van der Waals surface area contributed by atoms with Gasteiger partial charge in [0.1, 0.15) is 17.6 Å². The van der Waals surface area contributed by atoms with Crippen molar-refractivity contribution >= 4 is 17.5 Å². The van der Waals surface area contributed by atoms with Crippen molar-refractivity contribution in [1.82, 2.24) is 4.98 Å². The number of aromatic carboxylic acids is 1. The number of carboxylic acids is 1. The monoisotopic (exact) mass is 293 g/mol. The lowest BCUT2D eigenvalue weighted by Crippen LogP contribution is -2.28. The molecular formula is C14H19N3O4. The molecule has 21 heavy (non-hydrogen) atoms. The molecule has 0 amide bonds.